The van der Waals surface area contributed by atoms with Gasteiger partial charge in [-0.2, -0.15) is 0 Å². The lowest BCUT2D eigenvalue weighted by Crippen LogP contribution is -2.27. The highest BCUT2D eigenvalue weighted by Gasteiger charge is 2.29. The number of carboxylic acids is 1. The zero-order chi connectivity index (χ0) is 10.8. The lowest BCUT2D eigenvalue weighted by Gasteiger charge is -2.19. The molecular formula is C10H13N3O2. The molecule has 1 saturated carbocycles. The molecule has 0 saturated heterocycles. The summed E-state index contributed by atoms with van der Waals surface area (Å²) in [5.41, 5.74) is 0.130. The Morgan fingerprint density at radius 2 is 2.13 bits per heavy atom. The van der Waals surface area contributed by atoms with Crippen LogP contribution in [0.15, 0.2) is 12.4 Å². The van der Waals surface area contributed by atoms with Crippen molar-refractivity contribution < 1.29 is 9.90 Å². The molecule has 0 amide bonds. The number of hydrogen-bond donors (Lipinski definition) is 1. The highest BCUT2D eigenvalue weighted by molar-refractivity contribution is 5.86. The van der Waals surface area contributed by atoms with Crippen molar-refractivity contribution in [2.45, 2.75) is 25.8 Å². The smallest absolute Gasteiger partial charge is 0.338 e. The number of rotatable bonds is 4. The molecule has 1 aliphatic rings. The van der Waals surface area contributed by atoms with Gasteiger partial charge in [0.2, 0.25) is 5.95 Å². The number of carbonyl (C=O) groups is 1. The Balaban J connectivity index is 2.17. The molecule has 1 fully saturated rings. The molecule has 5 nitrogen and oxygen atoms in total. The largest absolute Gasteiger partial charge is 0.478 e. The summed E-state index contributed by atoms with van der Waals surface area (Å²) in [5.74, 6) is -0.360. The molecule has 0 aromatic carbocycles. The van der Waals surface area contributed by atoms with Crippen molar-refractivity contribution in [1.29, 1.82) is 0 Å². The number of anilines is 1. The van der Waals surface area contributed by atoms with Gasteiger partial charge in [-0.15, -0.1) is 0 Å². The van der Waals surface area contributed by atoms with Crippen LogP contribution in [0.2, 0.25) is 0 Å². The van der Waals surface area contributed by atoms with Crippen LogP contribution in [0.3, 0.4) is 0 Å². The van der Waals surface area contributed by atoms with E-state index in [1.165, 1.54) is 25.2 Å². The van der Waals surface area contributed by atoms with Crippen molar-refractivity contribution in [3.05, 3.63) is 18.0 Å². The summed E-state index contributed by atoms with van der Waals surface area (Å²) in [6, 6.07) is 0.547. The minimum Gasteiger partial charge on any atom is -0.478 e. The molecule has 0 atom stereocenters. The molecule has 2 rings (SSSR count). The lowest BCUT2D eigenvalue weighted by atomic mass is 10.3. The monoisotopic (exact) mass is 207 g/mol. The Kier molecular flexibility index (Phi) is 2.53. The molecular weight excluding hydrogens is 194 g/mol. The van der Waals surface area contributed by atoms with Crippen molar-refractivity contribution in [3.8, 4) is 0 Å². The summed E-state index contributed by atoms with van der Waals surface area (Å²) in [4.78, 5) is 20.8. The predicted octanol–water partition coefficient (Wildman–Crippen LogP) is 1.16. The first-order valence-corrected chi connectivity index (χ1v) is 5.04. The maximum absolute atomic E-state index is 10.6. The maximum atomic E-state index is 10.6. The maximum Gasteiger partial charge on any atom is 0.338 e. The second-order valence-corrected chi connectivity index (χ2v) is 3.59. The van der Waals surface area contributed by atoms with E-state index in [-0.39, 0.29) is 5.56 Å². The number of carboxylic acid groups (broad SMARTS) is 1. The highest BCUT2D eigenvalue weighted by Crippen LogP contribution is 2.28. The van der Waals surface area contributed by atoms with E-state index in [1.807, 2.05) is 6.92 Å². The fraction of sp³-hybridized carbons (Fsp3) is 0.500. The Bertz CT molecular complexity index is 359. The molecule has 1 aromatic heterocycles. The molecule has 0 spiro atoms. The molecule has 15 heavy (non-hydrogen) atoms. The minimum atomic E-state index is -0.990. The van der Waals surface area contributed by atoms with Crippen LogP contribution in [0.1, 0.15) is 30.1 Å². The lowest BCUT2D eigenvalue weighted by molar-refractivity contribution is 0.0696. The predicted molar refractivity (Wildman–Crippen MR) is 55.0 cm³/mol. The van der Waals surface area contributed by atoms with Crippen LogP contribution < -0.4 is 4.90 Å². The average Bonchev–Trinajstić information content (AvgIpc) is 3.04. The van der Waals surface area contributed by atoms with Gasteiger partial charge in [-0.05, 0) is 19.8 Å². The van der Waals surface area contributed by atoms with Crippen molar-refractivity contribution in [2.75, 3.05) is 11.4 Å². The molecule has 80 valence electrons. The summed E-state index contributed by atoms with van der Waals surface area (Å²) in [6.07, 6.45) is 5.07. The Morgan fingerprint density at radius 1 is 1.53 bits per heavy atom. The number of aromatic nitrogens is 2. The van der Waals surface area contributed by atoms with Crippen LogP contribution in [-0.4, -0.2) is 33.6 Å². The molecule has 1 heterocycles. The molecule has 0 radical (unpaired) electrons. The second kappa shape index (κ2) is 3.84. The summed E-state index contributed by atoms with van der Waals surface area (Å²) in [7, 11) is 0. The van der Waals surface area contributed by atoms with Crippen LogP contribution in [0.25, 0.3) is 0 Å². The summed E-state index contributed by atoms with van der Waals surface area (Å²) >= 11 is 0. The minimum absolute atomic E-state index is 0.130. The first-order chi connectivity index (χ1) is 7.22. The fourth-order valence-corrected chi connectivity index (χ4v) is 1.53. The van der Waals surface area contributed by atoms with E-state index in [0.29, 0.717) is 12.0 Å². The molecule has 0 bridgehead atoms. The summed E-state index contributed by atoms with van der Waals surface area (Å²) < 4.78 is 0. The molecule has 1 N–H and O–H groups in total. The van der Waals surface area contributed by atoms with Crippen molar-refractivity contribution >= 4 is 11.9 Å². The fourth-order valence-electron chi connectivity index (χ4n) is 1.53. The van der Waals surface area contributed by atoms with E-state index in [9.17, 15) is 4.79 Å². The van der Waals surface area contributed by atoms with Gasteiger partial charge in [0, 0.05) is 25.0 Å². The van der Waals surface area contributed by atoms with Crippen molar-refractivity contribution in [2.24, 2.45) is 0 Å². The zero-order valence-electron chi connectivity index (χ0n) is 8.55. The summed E-state index contributed by atoms with van der Waals surface area (Å²) in [5, 5.41) is 8.70. The van der Waals surface area contributed by atoms with Crippen molar-refractivity contribution in [1.82, 2.24) is 9.97 Å². The van der Waals surface area contributed by atoms with Gasteiger partial charge in [-0.1, -0.05) is 0 Å². The third-order valence-electron chi connectivity index (χ3n) is 2.47. The zero-order valence-corrected chi connectivity index (χ0v) is 8.55. The van der Waals surface area contributed by atoms with Gasteiger partial charge in [0.05, 0.1) is 5.56 Å². The molecule has 1 aliphatic carbocycles. The number of nitrogens with zero attached hydrogens (tertiary/aromatic N) is 3. The quantitative estimate of drug-likeness (QED) is 0.802. The van der Waals surface area contributed by atoms with E-state index in [4.69, 9.17) is 5.11 Å². The van der Waals surface area contributed by atoms with Crippen molar-refractivity contribution in [3.63, 3.8) is 0 Å². The van der Waals surface area contributed by atoms with Crippen LogP contribution in [0.5, 0.6) is 0 Å². The van der Waals surface area contributed by atoms with Gasteiger partial charge < -0.3 is 10.0 Å². The molecule has 0 unspecified atom stereocenters. The first kappa shape index (κ1) is 9.89. The third-order valence-corrected chi connectivity index (χ3v) is 2.47. The van der Waals surface area contributed by atoms with Gasteiger partial charge >= 0.3 is 5.97 Å². The van der Waals surface area contributed by atoms with E-state index in [2.05, 4.69) is 14.9 Å². The van der Waals surface area contributed by atoms with Gasteiger partial charge in [0.15, 0.2) is 0 Å². The SMILES string of the molecule is CCN(c1ncc(C(=O)O)cn1)C1CC1. The first-order valence-electron chi connectivity index (χ1n) is 5.04. The van der Waals surface area contributed by atoms with Gasteiger partial charge in [0.25, 0.3) is 0 Å². The topological polar surface area (TPSA) is 66.3 Å². The van der Waals surface area contributed by atoms with E-state index < -0.39 is 5.97 Å². The average molecular weight is 207 g/mol. The molecule has 1 aromatic rings. The van der Waals surface area contributed by atoms with Gasteiger partial charge in [0.1, 0.15) is 0 Å². The highest BCUT2D eigenvalue weighted by atomic mass is 16.4. The summed E-state index contributed by atoms with van der Waals surface area (Å²) in [6.45, 7) is 2.91. The van der Waals surface area contributed by atoms with Crippen LogP contribution in [-0.2, 0) is 0 Å². The van der Waals surface area contributed by atoms with Gasteiger partial charge in [-0.25, -0.2) is 14.8 Å². The van der Waals surface area contributed by atoms with E-state index >= 15 is 0 Å². The Morgan fingerprint density at radius 3 is 2.53 bits per heavy atom. The Hall–Kier alpha value is -1.65. The standard InChI is InChI=1S/C10H13N3O2/c1-2-13(8-3-4-8)10-11-5-7(6-12-10)9(14)15/h5-6,8H,2-4H2,1H3,(H,14,15). The van der Waals surface area contributed by atoms with Crippen LogP contribution in [0.4, 0.5) is 5.95 Å². The van der Waals surface area contributed by atoms with E-state index in [1.54, 1.807) is 0 Å². The molecule has 5 heteroatoms. The Labute approximate surface area is 87.8 Å². The number of hydrogen-bond acceptors (Lipinski definition) is 4. The molecule has 0 aliphatic heterocycles. The van der Waals surface area contributed by atoms with Crippen LogP contribution in [0, 0.1) is 0 Å². The van der Waals surface area contributed by atoms with Gasteiger partial charge in [-0.3, -0.25) is 0 Å². The third kappa shape index (κ3) is 2.06. The van der Waals surface area contributed by atoms with E-state index in [0.717, 1.165) is 6.54 Å². The number of aromatic carboxylic acids is 1. The normalized spacial score (nSPS) is 15.0. The second-order valence-electron chi connectivity index (χ2n) is 3.59. The van der Waals surface area contributed by atoms with Crippen LogP contribution >= 0.6 is 0 Å².